The van der Waals surface area contributed by atoms with Crippen LogP contribution in [0.5, 0.6) is 0 Å². The minimum atomic E-state index is -0.129. The molecule has 33 heavy (non-hydrogen) atoms. The first-order valence-corrected chi connectivity index (χ1v) is 10.7. The highest BCUT2D eigenvalue weighted by molar-refractivity contribution is 6.00. The average Bonchev–Trinajstić information content (AvgIpc) is 3.58. The lowest BCUT2D eigenvalue weighted by atomic mass is 10.0. The summed E-state index contributed by atoms with van der Waals surface area (Å²) in [6.07, 6.45) is 7.85. The minimum Gasteiger partial charge on any atom is -0.352 e. The average molecular weight is 435 g/mol. The van der Waals surface area contributed by atoms with Crippen molar-refractivity contribution in [3.63, 3.8) is 0 Å². The number of H-pyrrole nitrogens is 1. The van der Waals surface area contributed by atoms with E-state index in [0.717, 1.165) is 33.9 Å². The topological polar surface area (TPSA) is 88.5 Å². The Morgan fingerprint density at radius 1 is 0.970 bits per heavy atom. The van der Waals surface area contributed by atoms with Crippen LogP contribution < -0.4 is 5.32 Å². The Balaban J connectivity index is 1.32. The maximum Gasteiger partial charge on any atom is 0.251 e. The van der Waals surface area contributed by atoms with Gasteiger partial charge in [-0.15, -0.1) is 0 Å². The minimum absolute atomic E-state index is 0.129. The number of nitrogens with zero attached hydrogens (tertiary/aromatic N) is 4. The lowest BCUT2D eigenvalue weighted by molar-refractivity contribution is 0.0954. The van der Waals surface area contributed by atoms with Gasteiger partial charge in [-0.2, -0.15) is 5.10 Å². The van der Waals surface area contributed by atoms with Crippen molar-refractivity contribution in [3.05, 3.63) is 109 Å². The van der Waals surface area contributed by atoms with E-state index >= 15 is 0 Å². The van der Waals surface area contributed by atoms with E-state index in [1.807, 2.05) is 83.6 Å². The molecule has 0 fully saturated rings. The molecule has 162 valence electrons. The highest BCUT2D eigenvalue weighted by Crippen LogP contribution is 2.27. The third-order valence-electron chi connectivity index (χ3n) is 5.40. The second-order valence-corrected chi connectivity index (χ2v) is 7.56. The number of pyridine rings is 1. The Bertz CT molecular complexity index is 1340. The smallest absolute Gasteiger partial charge is 0.251 e. The van der Waals surface area contributed by atoms with Gasteiger partial charge in [-0.1, -0.05) is 36.4 Å². The summed E-state index contributed by atoms with van der Waals surface area (Å²) in [5.41, 5.74) is 5.96. The zero-order chi connectivity index (χ0) is 22.5. The molecule has 0 aliphatic rings. The van der Waals surface area contributed by atoms with Gasteiger partial charge in [-0.25, -0.2) is 4.98 Å². The van der Waals surface area contributed by atoms with Gasteiger partial charge in [0.15, 0.2) is 0 Å². The molecule has 1 amide bonds. The van der Waals surface area contributed by atoms with Gasteiger partial charge in [-0.3, -0.25) is 14.9 Å². The molecule has 0 saturated heterocycles. The Morgan fingerprint density at radius 3 is 2.61 bits per heavy atom. The maximum atomic E-state index is 12.9. The van der Waals surface area contributed by atoms with E-state index in [-0.39, 0.29) is 5.91 Å². The molecule has 3 aromatic heterocycles. The number of carbonyl (C=O) groups is 1. The Morgan fingerprint density at radius 2 is 1.82 bits per heavy atom. The van der Waals surface area contributed by atoms with Crippen LogP contribution in [-0.4, -0.2) is 37.2 Å². The third-order valence-corrected chi connectivity index (χ3v) is 5.40. The largest absolute Gasteiger partial charge is 0.352 e. The number of aromatic amines is 1. The van der Waals surface area contributed by atoms with E-state index in [1.54, 1.807) is 18.7 Å². The fourth-order valence-electron chi connectivity index (χ4n) is 3.68. The molecule has 3 heterocycles. The van der Waals surface area contributed by atoms with Crippen molar-refractivity contribution in [1.82, 2.24) is 30.0 Å². The summed E-state index contributed by atoms with van der Waals surface area (Å²) in [5, 5.41) is 10.6. The number of rotatable bonds is 7. The lowest BCUT2D eigenvalue weighted by Gasteiger charge is -2.08. The van der Waals surface area contributed by atoms with Crippen molar-refractivity contribution < 1.29 is 4.79 Å². The van der Waals surface area contributed by atoms with Gasteiger partial charge in [0.25, 0.3) is 5.91 Å². The summed E-state index contributed by atoms with van der Waals surface area (Å²) in [6.45, 7) is 0.513. The summed E-state index contributed by atoms with van der Waals surface area (Å²) in [5.74, 6) is -0.129. The van der Waals surface area contributed by atoms with E-state index < -0.39 is 0 Å². The van der Waals surface area contributed by atoms with Crippen LogP contribution in [0.15, 0.2) is 97.7 Å². The third kappa shape index (κ3) is 4.57. The molecule has 0 aliphatic heterocycles. The van der Waals surface area contributed by atoms with Gasteiger partial charge >= 0.3 is 0 Å². The highest BCUT2D eigenvalue weighted by atomic mass is 16.1. The van der Waals surface area contributed by atoms with Crippen LogP contribution in [0, 0.1) is 0 Å². The summed E-state index contributed by atoms with van der Waals surface area (Å²) < 4.78 is 1.95. The number of hydrogen-bond donors (Lipinski definition) is 2. The van der Waals surface area contributed by atoms with Crippen LogP contribution in [0.4, 0.5) is 0 Å². The standard InChI is InChI=1S/C26H22N6O/c33-26(29-14-12-20-5-3-4-13-28-20)23-7-2-1-6-22(23)25-17-24(30-31-25)19-8-10-21(11-9-19)32-16-15-27-18-32/h1-11,13,15-18H,12,14H2,(H,29,33)(H,30,31). The van der Waals surface area contributed by atoms with E-state index in [9.17, 15) is 4.79 Å². The van der Waals surface area contributed by atoms with E-state index in [2.05, 4.69) is 25.5 Å². The number of aromatic nitrogens is 5. The van der Waals surface area contributed by atoms with Crippen molar-refractivity contribution in [3.8, 4) is 28.2 Å². The highest BCUT2D eigenvalue weighted by Gasteiger charge is 2.15. The van der Waals surface area contributed by atoms with Gasteiger partial charge in [-0.05, 0) is 42.0 Å². The molecule has 0 aliphatic carbocycles. The number of amides is 1. The Hall–Kier alpha value is -4.52. The maximum absolute atomic E-state index is 12.9. The summed E-state index contributed by atoms with van der Waals surface area (Å²) in [6, 6.07) is 23.4. The molecule has 2 N–H and O–H groups in total. The molecule has 0 atom stereocenters. The zero-order valence-corrected chi connectivity index (χ0v) is 17.8. The molecule has 0 unspecified atom stereocenters. The van der Waals surface area contributed by atoms with Crippen LogP contribution in [0.25, 0.3) is 28.2 Å². The van der Waals surface area contributed by atoms with Crippen molar-refractivity contribution in [2.75, 3.05) is 6.54 Å². The number of nitrogens with one attached hydrogen (secondary N) is 2. The molecule has 0 radical (unpaired) electrons. The van der Waals surface area contributed by atoms with Crippen molar-refractivity contribution in [2.45, 2.75) is 6.42 Å². The van der Waals surface area contributed by atoms with Gasteiger partial charge in [0.2, 0.25) is 0 Å². The quantitative estimate of drug-likeness (QED) is 0.400. The predicted molar refractivity (Wildman–Crippen MR) is 127 cm³/mol. The second-order valence-electron chi connectivity index (χ2n) is 7.56. The first kappa shape index (κ1) is 20.4. The molecule has 7 nitrogen and oxygen atoms in total. The van der Waals surface area contributed by atoms with E-state index in [1.165, 1.54) is 0 Å². The monoisotopic (exact) mass is 434 g/mol. The summed E-state index contributed by atoms with van der Waals surface area (Å²) >= 11 is 0. The number of carbonyl (C=O) groups excluding carboxylic acids is 1. The second kappa shape index (κ2) is 9.32. The predicted octanol–water partition coefficient (Wildman–Crippen LogP) is 4.30. The lowest BCUT2D eigenvalue weighted by Crippen LogP contribution is -2.26. The fraction of sp³-hybridized carbons (Fsp3) is 0.0769. The molecule has 5 rings (SSSR count). The van der Waals surface area contributed by atoms with Crippen LogP contribution in [0.1, 0.15) is 16.1 Å². The number of imidazole rings is 1. The van der Waals surface area contributed by atoms with Crippen molar-refractivity contribution in [1.29, 1.82) is 0 Å². The zero-order valence-electron chi connectivity index (χ0n) is 17.8. The van der Waals surface area contributed by atoms with E-state index in [4.69, 9.17) is 0 Å². The van der Waals surface area contributed by atoms with Gasteiger partial charge in [0.05, 0.1) is 17.7 Å². The molecular formula is C26H22N6O. The summed E-state index contributed by atoms with van der Waals surface area (Å²) in [7, 11) is 0. The Labute approximate surface area is 191 Å². The fourth-order valence-corrected chi connectivity index (χ4v) is 3.68. The molecule has 0 bridgehead atoms. The van der Waals surface area contributed by atoms with Crippen LogP contribution in [0.3, 0.4) is 0 Å². The molecule has 0 saturated carbocycles. The summed E-state index contributed by atoms with van der Waals surface area (Å²) in [4.78, 5) is 21.3. The number of hydrogen-bond acceptors (Lipinski definition) is 4. The molecular weight excluding hydrogens is 412 g/mol. The molecule has 7 heteroatoms. The first-order valence-electron chi connectivity index (χ1n) is 10.7. The van der Waals surface area contributed by atoms with Crippen molar-refractivity contribution >= 4 is 5.91 Å². The molecule has 0 spiro atoms. The molecule has 2 aromatic carbocycles. The number of benzene rings is 2. The van der Waals surface area contributed by atoms with E-state index in [0.29, 0.717) is 18.5 Å². The SMILES string of the molecule is O=C(NCCc1ccccn1)c1ccccc1-c1cc(-c2ccc(-n3ccnc3)cc2)[nH]n1. The first-order chi connectivity index (χ1) is 16.3. The van der Waals surface area contributed by atoms with Crippen LogP contribution in [0.2, 0.25) is 0 Å². The van der Waals surface area contributed by atoms with Gasteiger partial charge in [0.1, 0.15) is 0 Å². The normalized spacial score (nSPS) is 10.8. The van der Waals surface area contributed by atoms with Gasteiger partial charge in [0, 0.05) is 54.1 Å². The van der Waals surface area contributed by atoms with Crippen molar-refractivity contribution in [2.24, 2.45) is 0 Å². The van der Waals surface area contributed by atoms with Crippen LogP contribution in [-0.2, 0) is 6.42 Å². The molecule has 5 aromatic rings. The van der Waals surface area contributed by atoms with Crippen LogP contribution >= 0.6 is 0 Å². The Kier molecular flexibility index (Phi) is 5.75. The van der Waals surface area contributed by atoms with Gasteiger partial charge < -0.3 is 9.88 Å².